The molecule has 0 amide bonds. The van der Waals surface area contributed by atoms with Crippen LogP contribution in [0.1, 0.15) is 40.4 Å². The Kier molecular flexibility index (Phi) is 9.04. The van der Waals surface area contributed by atoms with E-state index >= 15 is 0 Å². The number of carbonyl (C=O) groups excluding carboxylic acids is 2. The molecule has 2 aliphatic rings. The Hall–Kier alpha value is -2.94. The van der Waals surface area contributed by atoms with Gasteiger partial charge in [-0.2, -0.15) is 5.10 Å². The van der Waals surface area contributed by atoms with Crippen LogP contribution in [0, 0.1) is 5.92 Å². The lowest BCUT2D eigenvalue weighted by Crippen LogP contribution is -2.41. The molecule has 4 rings (SSSR count). The largest absolute Gasteiger partial charge is 0.475 e. The monoisotopic (exact) mass is 487 g/mol. The third-order valence-corrected chi connectivity index (χ3v) is 5.80. The first kappa shape index (κ1) is 25.7. The second-order valence-electron chi connectivity index (χ2n) is 8.14. The van der Waals surface area contributed by atoms with Crippen LogP contribution >= 0.6 is 12.4 Å². The minimum Gasteiger partial charge on any atom is -0.475 e. The number of carbonyl (C=O) groups is 2. The molecule has 0 bridgehead atoms. The second kappa shape index (κ2) is 12.0. The van der Waals surface area contributed by atoms with Gasteiger partial charge in [-0.15, -0.1) is 12.4 Å². The second-order valence-corrected chi connectivity index (χ2v) is 8.14. The first-order chi connectivity index (χ1) is 16.0. The fourth-order valence-corrected chi connectivity index (χ4v) is 3.94. The predicted molar refractivity (Wildman–Crippen MR) is 131 cm³/mol. The van der Waals surface area contributed by atoms with E-state index in [0.29, 0.717) is 43.1 Å². The molecule has 2 atom stereocenters. The molecule has 0 spiro atoms. The van der Waals surface area contributed by atoms with E-state index in [1.165, 1.54) is 0 Å². The minimum absolute atomic E-state index is 0. The van der Waals surface area contributed by atoms with Gasteiger partial charge in [0.05, 0.1) is 45.5 Å². The molecule has 0 radical (unpaired) electrons. The standard InChI is InChI=1S/C25H29N3O5.ClH/c1-2-32-23(29)15-21-13-19-7-8-20(14-22(19)33-25(21)26)24(30)18-5-3-17(4-6-18)16-27-28-9-11-31-12-10-28;/h3-8,14,16,21,25H,2,9-13,15,26H2,1H3;1H. The molecule has 34 heavy (non-hydrogen) atoms. The van der Waals surface area contributed by atoms with E-state index in [9.17, 15) is 9.59 Å². The maximum atomic E-state index is 13.0. The Bertz CT molecular complexity index is 1020. The molecule has 0 saturated carbocycles. The summed E-state index contributed by atoms with van der Waals surface area (Å²) in [6.07, 6.45) is 1.97. The maximum Gasteiger partial charge on any atom is 0.306 e. The topological polar surface area (TPSA) is 103 Å². The SMILES string of the molecule is CCOC(=O)CC1Cc2ccc(C(=O)c3ccc(C=NN4CCOCC4)cc3)cc2OC1N.Cl. The number of hydrogen-bond donors (Lipinski definition) is 1. The number of ether oxygens (including phenoxy) is 3. The normalized spacial score (nSPS) is 19.6. The number of esters is 1. The first-order valence-electron chi connectivity index (χ1n) is 11.3. The maximum absolute atomic E-state index is 13.0. The minimum atomic E-state index is -0.628. The van der Waals surface area contributed by atoms with E-state index in [4.69, 9.17) is 19.9 Å². The molecule has 2 aromatic rings. The Morgan fingerprint density at radius 2 is 1.85 bits per heavy atom. The molecular weight excluding hydrogens is 458 g/mol. The Morgan fingerprint density at radius 1 is 1.15 bits per heavy atom. The molecule has 2 aliphatic heterocycles. The summed E-state index contributed by atoms with van der Waals surface area (Å²) in [6.45, 7) is 5.04. The first-order valence-corrected chi connectivity index (χ1v) is 11.3. The number of benzene rings is 2. The molecule has 2 unspecified atom stereocenters. The van der Waals surface area contributed by atoms with Crippen molar-refractivity contribution in [2.75, 3.05) is 32.9 Å². The summed E-state index contributed by atoms with van der Waals surface area (Å²) in [4.78, 5) is 24.8. The number of nitrogens with zero attached hydrogens (tertiary/aromatic N) is 2. The van der Waals surface area contributed by atoms with Gasteiger partial charge in [-0.1, -0.05) is 36.4 Å². The molecule has 1 fully saturated rings. The zero-order valence-corrected chi connectivity index (χ0v) is 20.0. The molecule has 2 heterocycles. The number of halogens is 1. The van der Waals surface area contributed by atoms with Crippen LogP contribution in [0.4, 0.5) is 0 Å². The fraction of sp³-hybridized carbons (Fsp3) is 0.400. The van der Waals surface area contributed by atoms with Gasteiger partial charge in [-0.05, 0) is 30.5 Å². The average molecular weight is 488 g/mol. The average Bonchev–Trinajstić information content (AvgIpc) is 2.83. The summed E-state index contributed by atoms with van der Waals surface area (Å²) in [7, 11) is 0. The van der Waals surface area contributed by atoms with Gasteiger partial charge in [0.1, 0.15) is 5.75 Å². The van der Waals surface area contributed by atoms with E-state index < -0.39 is 6.23 Å². The zero-order valence-electron chi connectivity index (χ0n) is 19.1. The van der Waals surface area contributed by atoms with Gasteiger partial charge in [0.15, 0.2) is 12.0 Å². The van der Waals surface area contributed by atoms with Crippen LogP contribution in [0.15, 0.2) is 47.6 Å². The van der Waals surface area contributed by atoms with Crippen LogP contribution in [0.2, 0.25) is 0 Å². The summed E-state index contributed by atoms with van der Waals surface area (Å²) in [6, 6.07) is 12.7. The third kappa shape index (κ3) is 6.34. The van der Waals surface area contributed by atoms with E-state index in [-0.39, 0.29) is 36.5 Å². The molecule has 8 nitrogen and oxygen atoms in total. The van der Waals surface area contributed by atoms with Gasteiger partial charge in [0, 0.05) is 17.0 Å². The smallest absolute Gasteiger partial charge is 0.306 e. The lowest BCUT2D eigenvalue weighted by Gasteiger charge is -2.30. The summed E-state index contributed by atoms with van der Waals surface area (Å²) >= 11 is 0. The van der Waals surface area contributed by atoms with Gasteiger partial charge in [-0.3, -0.25) is 20.3 Å². The highest BCUT2D eigenvalue weighted by Gasteiger charge is 2.30. The summed E-state index contributed by atoms with van der Waals surface area (Å²) in [5.41, 5.74) is 9.10. The number of nitrogens with two attached hydrogens (primary N) is 1. The van der Waals surface area contributed by atoms with E-state index in [2.05, 4.69) is 5.10 Å². The third-order valence-electron chi connectivity index (χ3n) is 5.80. The van der Waals surface area contributed by atoms with Crippen LogP contribution < -0.4 is 10.5 Å². The van der Waals surface area contributed by atoms with Gasteiger partial charge >= 0.3 is 5.97 Å². The van der Waals surface area contributed by atoms with Gasteiger partial charge in [0.25, 0.3) is 0 Å². The molecule has 2 N–H and O–H groups in total. The van der Waals surface area contributed by atoms with Gasteiger partial charge in [-0.25, -0.2) is 0 Å². The van der Waals surface area contributed by atoms with Crippen molar-refractivity contribution in [3.63, 3.8) is 0 Å². The number of morpholine rings is 1. The quantitative estimate of drug-likeness (QED) is 0.364. The van der Waals surface area contributed by atoms with Crippen LogP contribution in [0.3, 0.4) is 0 Å². The van der Waals surface area contributed by atoms with Crippen molar-refractivity contribution < 1.29 is 23.8 Å². The lowest BCUT2D eigenvalue weighted by molar-refractivity contribution is -0.145. The van der Waals surface area contributed by atoms with Gasteiger partial charge in [0.2, 0.25) is 0 Å². The predicted octanol–water partition coefficient (Wildman–Crippen LogP) is 2.79. The molecule has 0 aromatic heterocycles. The van der Waals surface area contributed by atoms with Crippen LogP contribution in [-0.4, -0.2) is 62.1 Å². The van der Waals surface area contributed by atoms with E-state index in [1.807, 2.05) is 23.2 Å². The number of ketones is 1. The Balaban J connectivity index is 0.00000324. The Labute approximate surface area is 205 Å². The van der Waals surface area contributed by atoms with Crippen molar-refractivity contribution in [2.24, 2.45) is 16.8 Å². The highest BCUT2D eigenvalue weighted by Crippen LogP contribution is 2.32. The number of fused-ring (bicyclic) bond motifs is 1. The molecular formula is C25H30ClN3O5. The van der Waals surface area contributed by atoms with Crippen LogP contribution in [0.25, 0.3) is 0 Å². The number of hydrazone groups is 1. The zero-order chi connectivity index (χ0) is 23.2. The molecule has 1 saturated heterocycles. The summed E-state index contributed by atoms with van der Waals surface area (Å²) < 4.78 is 16.2. The van der Waals surface area contributed by atoms with E-state index in [1.54, 1.807) is 37.4 Å². The van der Waals surface area contributed by atoms with Crippen molar-refractivity contribution in [1.82, 2.24) is 5.01 Å². The van der Waals surface area contributed by atoms with Crippen molar-refractivity contribution in [1.29, 1.82) is 0 Å². The molecule has 9 heteroatoms. The summed E-state index contributed by atoms with van der Waals surface area (Å²) in [5, 5.41) is 6.43. The highest BCUT2D eigenvalue weighted by molar-refractivity contribution is 6.09. The molecule has 0 aliphatic carbocycles. The highest BCUT2D eigenvalue weighted by atomic mass is 35.5. The Morgan fingerprint density at radius 3 is 2.56 bits per heavy atom. The lowest BCUT2D eigenvalue weighted by atomic mass is 9.90. The van der Waals surface area contributed by atoms with Crippen molar-refractivity contribution >= 4 is 30.4 Å². The van der Waals surface area contributed by atoms with Crippen molar-refractivity contribution in [3.8, 4) is 5.75 Å². The van der Waals surface area contributed by atoms with Crippen molar-refractivity contribution in [2.45, 2.75) is 26.0 Å². The molecule has 182 valence electrons. The fourth-order valence-electron chi connectivity index (χ4n) is 3.94. The van der Waals surface area contributed by atoms with Crippen molar-refractivity contribution in [3.05, 3.63) is 64.7 Å². The number of rotatable bonds is 7. The summed E-state index contributed by atoms with van der Waals surface area (Å²) in [5.74, 6) is 0.0445. The van der Waals surface area contributed by atoms with Crippen LogP contribution in [-0.2, 0) is 20.7 Å². The van der Waals surface area contributed by atoms with Gasteiger partial charge < -0.3 is 14.2 Å². The van der Waals surface area contributed by atoms with E-state index in [0.717, 1.165) is 24.2 Å². The van der Waals surface area contributed by atoms with Crippen LogP contribution in [0.5, 0.6) is 5.75 Å². The molecule has 2 aromatic carbocycles. The number of hydrogen-bond acceptors (Lipinski definition) is 8.